The summed E-state index contributed by atoms with van der Waals surface area (Å²) >= 11 is 0. The average Bonchev–Trinajstić information content (AvgIpc) is 3.07. The van der Waals surface area contributed by atoms with Crippen LogP contribution < -0.4 is 5.73 Å². The molecule has 3 N–H and O–H groups in total. The molecule has 9 heteroatoms. The SMILES string of the molecule is CC1(C)O[C@@H]2[C@@H](CO)O[C@@H](n3cnc4c(N)ncnc43)[C@]2(C)O1. The summed E-state index contributed by atoms with van der Waals surface area (Å²) in [6.45, 7) is 5.42. The molecule has 0 aromatic carbocycles. The first-order chi connectivity index (χ1) is 10.9. The number of fused-ring (bicyclic) bond motifs is 2. The Morgan fingerprint density at radius 2 is 2.09 bits per heavy atom. The van der Waals surface area contributed by atoms with Crippen molar-refractivity contribution in [3.8, 4) is 0 Å². The van der Waals surface area contributed by atoms with Crippen LogP contribution >= 0.6 is 0 Å². The van der Waals surface area contributed by atoms with Crippen LogP contribution in [0.3, 0.4) is 0 Å². The molecule has 124 valence electrons. The molecule has 2 saturated heterocycles. The number of nitrogen functional groups attached to an aromatic ring is 1. The van der Waals surface area contributed by atoms with Gasteiger partial charge in [-0.2, -0.15) is 0 Å². The normalized spacial score (nSPS) is 35.7. The Labute approximate surface area is 132 Å². The monoisotopic (exact) mass is 321 g/mol. The van der Waals surface area contributed by atoms with Crippen LogP contribution in [-0.2, 0) is 14.2 Å². The fourth-order valence-electron chi connectivity index (χ4n) is 3.56. The lowest BCUT2D eigenvalue weighted by Gasteiger charge is -2.30. The molecule has 4 heterocycles. The Bertz CT molecular complexity index is 763. The number of nitrogens with two attached hydrogens (primary N) is 1. The first-order valence-corrected chi connectivity index (χ1v) is 7.43. The highest BCUT2D eigenvalue weighted by atomic mass is 16.8. The summed E-state index contributed by atoms with van der Waals surface area (Å²) < 4.78 is 19.8. The van der Waals surface area contributed by atoms with E-state index in [0.29, 0.717) is 17.0 Å². The van der Waals surface area contributed by atoms with E-state index in [1.807, 2.05) is 20.8 Å². The summed E-state index contributed by atoms with van der Waals surface area (Å²) in [5, 5.41) is 9.64. The molecular weight excluding hydrogens is 302 g/mol. The maximum atomic E-state index is 9.64. The highest BCUT2D eigenvalue weighted by molar-refractivity contribution is 5.81. The van der Waals surface area contributed by atoms with E-state index in [4.69, 9.17) is 19.9 Å². The number of hydrogen-bond acceptors (Lipinski definition) is 8. The third kappa shape index (κ3) is 1.97. The largest absolute Gasteiger partial charge is 0.394 e. The van der Waals surface area contributed by atoms with Gasteiger partial charge < -0.3 is 25.1 Å². The molecule has 2 aromatic heterocycles. The molecule has 4 rings (SSSR count). The van der Waals surface area contributed by atoms with Crippen LogP contribution in [0.4, 0.5) is 5.82 Å². The zero-order chi connectivity index (χ0) is 16.4. The van der Waals surface area contributed by atoms with Crippen LogP contribution in [0.25, 0.3) is 11.2 Å². The lowest BCUT2D eigenvalue weighted by molar-refractivity contribution is -0.217. The smallest absolute Gasteiger partial charge is 0.168 e. The second kappa shape index (κ2) is 4.60. The summed E-state index contributed by atoms with van der Waals surface area (Å²) in [5.41, 5.74) is 6.11. The van der Waals surface area contributed by atoms with Crippen molar-refractivity contribution in [3.63, 3.8) is 0 Å². The number of anilines is 1. The van der Waals surface area contributed by atoms with Gasteiger partial charge in [-0.25, -0.2) is 15.0 Å². The average molecular weight is 321 g/mol. The Kier molecular flexibility index (Phi) is 2.95. The number of ether oxygens (including phenoxy) is 3. The van der Waals surface area contributed by atoms with Crippen molar-refractivity contribution in [2.45, 2.75) is 50.6 Å². The molecule has 0 amide bonds. The molecule has 0 saturated carbocycles. The number of aromatic nitrogens is 4. The Morgan fingerprint density at radius 3 is 2.83 bits per heavy atom. The van der Waals surface area contributed by atoms with Crippen LogP contribution in [0.1, 0.15) is 27.0 Å². The minimum atomic E-state index is -0.787. The van der Waals surface area contributed by atoms with Crippen molar-refractivity contribution < 1.29 is 19.3 Å². The van der Waals surface area contributed by atoms with E-state index in [1.54, 1.807) is 10.9 Å². The van der Waals surface area contributed by atoms with Crippen LogP contribution in [0.15, 0.2) is 12.7 Å². The van der Waals surface area contributed by atoms with E-state index in [1.165, 1.54) is 6.33 Å². The van der Waals surface area contributed by atoms with Gasteiger partial charge in [-0.3, -0.25) is 4.57 Å². The van der Waals surface area contributed by atoms with E-state index in [0.717, 1.165) is 0 Å². The van der Waals surface area contributed by atoms with E-state index in [9.17, 15) is 5.11 Å². The predicted octanol–water partition coefficient (Wildman–Crippen LogP) is 0.208. The first kappa shape index (κ1) is 14.8. The Balaban J connectivity index is 1.83. The van der Waals surface area contributed by atoms with Crippen LogP contribution in [0.2, 0.25) is 0 Å². The number of aliphatic hydroxyl groups excluding tert-OH is 1. The van der Waals surface area contributed by atoms with Gasteiger partial charge in [0.25, 0.3) is 0 Å². The van der Waals surface area contributed by atoms with E-state index in [-0.39, 0.29) is 6.61 Å². The van der Waals surface area contributed by atoms with Crippen molar-refractivity contribution in [3.05, 3.63) is 12.7 Å². The molecular formula is C14H19N5O4. The van der Waals surface area contributed by atoms with Crippen molar-refractivity contribution in [2.75, 3.05) is 12.3 Å². The van der Waals surface area contributed by atoms with Crippen molar-refractivity contribution in [2.24, 2.45) is 0 Å². The van der Waals surface area contributed by atoms with Crippen LogP contribution in [0.5, 0.6) is 0 Å². The predicted molar refractivity (Wildman–Crippen MR) is 79.2 cm³/mol. The summed E-state index contributed by atoms with van der Waals surface area (Å²) in [6.07, 6.45) is 1.53. The Hall–Kier alpha value is -1.81. The van der Waals surface area contributed by atoms with Gasteiger partial charge in [0.1, 0.15) is 29.7 Å². The molecule has 9 nitrogen and oxygen atoms in total. The molecule has 2 aromatic rings. The van der Waals surface area contributed by atoms with Gasteiger partial charge in [-0.15, -0.1) is 0 Å². The quantitative estimate of drug-likeness (QED) is 0.806. The van der Waals surface area contributed by atoms with Gasteiger partial charge >= 0.3 is 0 Å². The topological polar surface area (TPSA) is 118 Å². The highest BCUT2D eigenvalue weighted by Crippen LogP contribution is 2.51. The van der Waals surface area contributed by atoms with Crippen molar-refractivity contribution in [1.82, 2.24) is 19.5 Å². The molecule has 2 aliphatic rings. The Morgan fingerprint density at radius 1 is 1.30 bits per heavy atom. The number of imidazole rings is 1. The van der Waals surface area contributed by atoms with Crippen LogP contribution in [0, 0.1) is 0 Å². The third-order valence-electron chi connectivity index (χ3n) is 4.39. The molecule has 0 unspecified atom stereocenters. The molecule has 0 radical (unpaired) electrons. The van der Waals surface area contributed by atoms with Crippen molar-refractivity contribution >= 4 is 17.0 Å². The second-order valence-corrected chi connectivity index (χ2v) is 6.52. The molecule has 0 spiro atoms. The molecule has 4 atom stereocenters. The lowest BCUT2D eigenvalue weighted by atomic mass is 9.96. The summed E-state index contributed by atoms with van der Waals surface area (Å²) in [6, 6.07) is 0. The number of rotatable bonds is 2. The molecule has 2 fully saturated rings. The fraction of sp³-hybridized carbons (Fsp3) is 0.643. The van der Waals surface area contributed by atoms with Crippen molar-refractivity contribution in [1.29, 1.82) is 0 Å². The van der Waals surface area contributed by atoms with Gasteiger partial charge in [-0.05, 0) is 20.8 Å². The maximum Gasteiger partial charge on any atom is 0.168 e. The lowest BCUT2D eigenvalue weighted by Crippen LogP contribution is -2.42. The fourth-order valence-corrected chi connectivity index (χ4v) is 3.56. The van der Waals surface area contributed by atoms with E-state index < -0.39 is 29.8 Å². The van der Waals surface area contributed by atoms with E-state index >= 15 is 0 Å². The first-order valence-electron chi connectivity index (χ1n) is 7.43. The minimum Gasteiger partial charge on any atom is -0.394 e. The third-order valence-corrected chi connectivity index (χ3v) is 4.39. The maximum absolute atomic E-state index is 9.64. The molecule has 23 heavy (non-hydrogen) atoms. The van der Waals surface area contributed by atoms with Gasteiger partial charge in [0, 0.05) is 0 Å². The van der Waals surface area contributed by atoms with Gasteiger partial charge in [0.2, 0.25) is 0 Å². The van der Waals surface area contributed by atoms with Gasteiger partial charge in [0.15, 0.2) is 23.5 Å². The number of aliphatic hydroxyl groups is 1. The number of nitrogens with zero attached hydrogens (tertiary/aromatic N) is 4. The zero-order valence-electron chi connectivity index (χ0n) is 13.1. The summed E-state index contributed by atoms with van der Waals surface area (Å²) in [4.78, 5) is 12.5. The molecule has 2 aliphatic heterocycles. The minimum absolute atomic E-state index is 0.167. The van der Waals surface area contributed by atoms with E-state index in [2.05, 4.69) is 15.0 Å². The standard InChI is InChI=1S/C14H19N5O4/c1-13(2)22-9-7(4-20)21-12(14(9,3)23-13)19-6-18-8-10(15)16-5-17-11(8)19/h5-7,9,12,20H,4H2,1-3H3,(H2,15,16,17)/t7-,9-,12-,14-/m1/s1. The highest BCUT2D eigenvalue weighted by Gasteiger charge is 2.64. The van der Waals surface area contributed by atoms with Crippen LogP contribution in [-0.4, -0.2) is 54.8 Å². The summed E-state index contributed by atoms with van der Waals surface area (Å²) in [7, 11) is 0. The van der Waals surface area contributed by atoms with Gasteiger partial charge in [-0.1, -0.05) is 0 Å². The second-order valence-electron chi connectivity index (χ2n) is 6.52. The molecule has 0 aliphatic carbocycles. The van der Waals surface area contributed by atoms with Gasteiger partial charge in [0.05, 0.1) is 12.9 Å². The molecule has 0 bridgehead atoms. The zero-order valence-corrected chi connectivity index (χ0v) is 13.1. The number of hydrogen-bond donors (Lipinski definition) is 2. The summed E-state index contributed by atoms with van der Waals surface area (Å²) in [5.74, 6) is -0.463.